The number of carbonyl (C=O) groups is 1. The fourth-order valence-electron chi connectivity index (χ4n) is 2.90. The number of thiophene rings is 1. The summed E-state index contributed by atoms with van der Waals surface area (Å²) in [6.45, 7) is 4.13. The van der Waals surface area contributed by atoms with Crippen molar-refractivity contribution >= 4 is 27.5 Å². The van der Waals surface area contributed by atoms with E-state index in [1.165, 1.54) is 22.2 Å². The number of nitrogens with zero attached hydrogens (tertiary/aromatic N) is 2. The van der Waals surface area contributed by atoms with Crippen LogP contribution in [0.3, 0.4) is 0 Å². The van der Waals surface area contributed by atoms with Gasteiger partial charge in [-0.3, -0.25) is 14.2 Å². The molecule has 1 atom stereocenters. The zero-order chi connectivity index (χ0) is 18.7. The van der Waals surface area contributed by atoms with E-state index in [2.05, 4.69) is 10.3 Å². The minimum absolute atomic E-state index is 0.0637. The number of methoxy groups -OCH3 is 1. The van der Waals surface area contributed by atoms with Crippen molar-refractivity contribution in [1.29, 1.82) is 0 Å². The van der Waals surface area contributed by atoms with E-state index < -0.39 is 0 Å². The number of aromatic nitrogens is 2. The summed E-state index contributed by atoms with van der Waals surface area (Å²) < 4.78 is 6.36. The Kier molecular flexibility index (Phi) is 5.49. The number of amides is 1. The number of ether oxygens (including phenoxy) is 1. The first-order chi connectivity index (χ1) is 12.5. The van der Waals surface area contributed by atoms with Crippen molar-refractivity contribution in [3.63, 3.8) is 0 Å². The summed E-state index contributed by atoms with van der Waals surface area (Å²) in [4.78, 5) is 31.1. The average Bonchev–Trinajstić information content (AvgIpc) is 2.96. The maximum Gasteiger partial charge on any atom is 0.262 e. The van der Waals surface area contributed by atoms with E-state index in [-0.39, 0.29) is 24.1 Å². The molecule has 136 valence electrons. The predicted molar refractivity (Wildman–Crippen MR) is 104 cm³/mol. The van der Waals surface area contributed by atoms with Crippen LogP contribution in [0.15, 0.2) is 41.5 Å². The van der Waals surface area contributed by atoms with Gasteiger partial charge in [-0.1, -0.05) is 30.3 Å². The first-order valence-electron chi connectivity index (χ1n) is 8.33. The topological polar surface area (TPSA) is 73.2 Å². The molecule has 3 rings (SSSR count). The summed E-state index contributed by atoms with van der Waals surface area (Å²) in [6.07, 6.45) is 1.44. The van der Waals surface area contributed by atoms with E-state index in [9.17, 15) is 9.59 Å². The first-order valence-corrected chi connectivity index (χ1v) is 9.15. The van der Waals surface area contributed by atoms with Gasteiger partial charge in [0.15, 0.2) is 0 Å². The zero-order valence-electron chi connectivity index (χ0n) is 15.0. The van der Waals surface area contributed by atoms with Crippen molar-refractivity contribution in [1.82, 2.24) is 14.9 Å². The highest BCUT2D eigenvalue weighted by atomic mass is 32.1. The van der Waals surface area contributed by atoms with Crippen LogP contribution in [-0.2, 0) is 16.1 Å². The number of carbonyl (C=O) groups excluding carboxylic acids is 1. The Hall–Kier alpha value is -2.51. The van der Waals surface area contributed by atoms with Gasteiger partial charge in [-0.15, -0.1) is 11.3 Å². The molecule has 2 heterocycles. The van der Waals surface area contributed by atoms with Crippen LogP contribution in [0, 0.1) is 6.92 Å². The minimum atomic E-state index is -0.242. The van der Waals surface area contributed by atoms with Crippen molar-refractivity contribution in [2.45, 2.75) is 26.4 Å². The first kappa shape index (κ1) is 18.3. The Morgan fingerprint density at radius 3 is 2.77 bits per heavy atom. The fraction of sp³-hybridized carbons (Fsp3) is 0.316. The van der Waals surface area contributed by atoms with Crippen LogP contribution in [0.2, 0.25) is 0 Å². The standard InChI is InChI=1S/C19H21N3O3S/c1-12(10-25-3)21-15(23)9-22-11-20-18-16(19(22)24)13(2)17(26-18)14-7-5-4-6-8-14/h4-8,11-12H,9-10H2,1-3H3,(H,21,23)/t12-/m0/s1. The summed E-state index contributed by atoms with van der Waals surface area (Å²) in [5.41, 5.74) is 1.77. The summed E-state index contributed by atoms with van der Waals surface area (Å²) >= 11 is 1.49. The van der Waals surface area contributed by atoms with Gasteiger partial charge in [0, 0.05) is 18.0 Å². The third-order valence-electron chi connectivity index (χ3n) is 4.09. The smallest absolute Gasteiger partial charge is 0.262 e. The number of rotatable bonds is 6. The number of aryl methyl sites for hydroxylation is 1. The van der Waals surface area contributed by atoms with Gasteiger partial charge in [-0.05, 0) is 25.0 Å². The molecule has 2 aromatic heterocycles. The van der Waals surface area contributed by atoms with E-state index in [0.717, 1.165) is 16.0 Å². The molecule has 0 radical (unpaired) electrons. The van der Waals surface area contributed by atoms with Crippen LogP contribution in [0.5, 0.6) is 0 Å². The van der Waals surface area contributed by atoms with Crippen molar-refractivity contribution < 1.29 is 9.53 Å². The second-order valence-corrected chi connectivity index (χ2v) is 7.20. The largest absolute Gasteiger partial charge is 0.383 e. The number of fused-ring (bicyclic) bond motifs is 1. The lowest BCUT2D eigenvalue weighted by atomic mass is 10.1. The van der Waals surface area contributed by atoms with Crippen LogP contribution in [0.1, 0.15) is 12.5 Å². The fourth-order valence-corrected chi connectivity index (χ4v) is 4.05. The lowest BCUT2D eigenvalue weighted by molar-refractivity contribution is -0.122. The molecule has 7 heteroatoms. The van der Waals surface area contributed by atoms with Crippen LogP contribution < -0.4 is 10.9 Å². The Labute approximate surface area is 155 Å². The van der Waals surface area contributed by atoms with Crippen LogP contribution in [0.25, 0.3) is 20.7 Å². The van der Waals surface area contributed by atoms with Gasteiger partial charge in [0.2, 0.25) is 5.91 Å². The summed E-state index contributed by atoms with van der Waals surface area (Å²) in [5.74, 6) is -0.242. The zero-order valence-corrected chi connectivity index (χ0v) is 15.8. The molecular weight excluding hydrogens is 350 g/mol. The molecule has 0 bridgehead atoms. The summed E-state index contributed by atoms with van der Waals surface area (Å²) in [5, 5.41) is 3.38. The van der Waals surface area contributed by atoms with Crippen LogP contribution in [-0.4, -0.2) is 35.2 Å². The van der Waals surface area contributed by atoms with Gasteiger partial charge in [0.25, 0.3) is 5.56 Å². The van der Waals surface area contributed by atoms with E-state index in [4.69, 9.17) is 4.74 Å². The molecule has 3 aromatic rings. The number of nitrogens with one attached hydrogen (secondary N) is 1. The maximum atomic E-state index is 12.9. The predicted octanol–water partition coefficient (Wildman–Crippen LogP) is 2.58. The highest BCUT2D eigenvalue weighted by molar-refractivity contribution is 7.22. The van der Waals surface area contributed by atoms with E-state index >= 15 is 0 Å². The summed E-state index contributed by atoms with van der Waals surface area (Å²) in [7, 11) is 1.58. The van der Waals surface area contributed by atoms with E-state index in [1.807, 2.05) is 44.2 Å². The molecule has 0 saturated carbocycles. The molecule has 0 fully saturated rings. The molecule has 0 aliphatic carbocycles. The van der Waals surface area contributed by atoms with Crippen molar-refractivity contribution in [3.8, 4) is 10.4 Å². The SMILES string of the molecule is COC[C@H](C)NC(=O)Cn1cnc2sc(-c3ccccc3)c(C)c2c1=O. The van der Waals surface area contributed by atoms with E-state index in [0.29, 0.717) is 16.8 Å². The quantitative estimate of drug-likeness (QED) is 0.723. The van der Waals surface area contributed by atoms with Gasteiger partial charge >= 0.3 is 0 Å². The Morgan fingerprint density at radius 1 is 1.35 bits per heavy atom. The maximum absolute atomic E-state index is 12.9. The number of hydrogen-bond acceptors (Lipinski definition) is 5. The second kappa shape index (κ2) is 7.80. The average molecular weight is 371 g/mol. The number of benzene rings is 1. The lowest BCUT2D eigenvalue weighted by Crippen LogP contribution is -2.39. The van der Waals surface area contributed by atoms with Crippen LogP contribution in [0.4, 0.5) is 0 Å². The van der Waals surface area contributed by atoms with Gasteiger partial charge in [0.05, 0.1) is 18.3 Å². The van der Waals surface area contributed by atoms with Gasteiger partial charge in [0.1, 0.15) is 11.4 Å². The molecule has 6 nitrogen and oxygen atoms in total. The third kappa shape index (κ3) is 3.68. The molecular formula is C19H21N3O3S. The molecule has 0 spiro atoms. The second-order valence-electron chi connectivity index (χ2n) is 6.20. The highest BCUT2D eigenvalue weighted by Gasteiger charge is 2.17. The van der Waals surface area contributed by atoms with Gasteiger partial charge in [-0.2, -0.15) is 0 Å². The Bertz CT molecular complexity index is 979. The van der Waals surface area contributed by atoms with Crippen molar-refractivity contribution in [3.05, 3.63) is 52.6 Å². The molecule has 0 aliphatic heterocycles. The van der Waals surface area contributed by atoms with Gasteiger partial charge < -0.3 is 10.1 Å². The van der Waals surface area contributed by atoms with Crippen molar-refractivity contribution in [2.24, 2.45) is 0 Å². The minimum Gasteiger partial charge on any atom is -0.383 e. The highest BCUT2D eigenvalue weighted by Crippen LogP contribution is 2.35. The Balaban J connectivity index is 1.93. The lowest BCUT2D eigenvalue weighted by Gasteiger charge is -2.13. The summed E-state index contributed by atoms with van der Waals surface area (Å²) in [6, 6.07) is 9.81. The molecule has 1 N–H and O–H groups in total. The van der Waals surface area contributed by atoms with Crippen molar-refractivity contribution in [2.75, 3.05) is 13.7 Å². The third-order valence-corrected chi connectivity index (χ3v) is 5.34. The van der Waals surface area contributed by atoms with Gasteiger partial charge in [-0.25, -0.2) is 4.98 Å². The number of hydrogen-bond donors (Lipinski definition) is 1. The van der Waals surface area contributed by atoms with Crippen LogP contribution >= 0.6 is 11.3 Å². The normalized spacial score (nSPS) is 12.3. The monoisotopic (exact) mass is 371 g/mol. The van der Waals surface area contributed by atoms with E-state index in [1.54, 1.807) is 7.11 Å². The molecule has 26 heavy (non-hydrogen) atoms. The molecule has 1 aromatic carbocycles. The molecule has 0 unspecified atom stereocenters. The molecule has 0 saturated heterocycles. The molecule has 0 aliphatic rings. The Morgan fingerprint density at radius 2 is 2.08 bits per heavy atom. The molecule has 1 amide bonds.